The van der Waals surface area contributed by atoms with Gasteiger partial charge in [-0.3, -0.25) is 0 Å². The third-order valence-corrected chi connectivity index (χ3v) is 3.24. The Kier molecular flexibility index (Phi) is 4.55. The number of ether oxygens (including phenoxy) is 1. The molecule has 6 heteroatoms. The molecule has 1 aromatic rings. The van der Waals surface area contributed by atoms with E-state index in [9.17, 15) is 4.79 Å². The number of nitrogen functional groups attached to an aromatic ring is 1. The Hall–Kier alpha value is -1.98. The molecule has 2 rings (SSSR count). The molecule has 3 N–H and O–H groups in total. The first-order valence-electron chi connectivity index (χ1n) is 7.29. The maximum absolute atomic E-state index is 11.8. The first kappa shape index (κ1) is 15.4. The molecule has 0 saturated carbocycles. The first-order valence-corrected chi connectivity index (χ1v) is 7.29. The van der Waals surface area contributed by atoms with Gasteiger partial charge in [-0.1, -0.05) is 0 Å². The number of anilines is 2. The van der Waals surface area contributed by atoms with E-state index < -0.39 is 5.60 Å². The number of hydrogen-bond acceptors (Lipinski definition) is 5. The average Bonchev–Trinajstić information content (AvgIpc) is 2.37. The van der Waals surface area contributed by atoms with Crippen LogP contribution in [0.25, 0.3) is 0 Å². The highest BCUT2D eigenvalue weighted by molar-refractivity contribution is 5.68. The van der Waals surface area contributed by atoms with Crippen molar-refractivity contribution in [3.8, 4) is 0 Å². The zero-order chi connectivity index (χ0) is 15.5. The van der Waals surface area contributed by atoms with Crippen LogP contribution in [0.5, 0.6) is 0 Å². The molecule has 1 amide bonds. The Balaban J connectivity index is 1.91. The first-order chi connectivity index (χ1) is 9.83. The molecule has 1 fully saturated rings. The van der Waals surface area contributed by atoms with Gasteiger partial charge in [0, 0.05) is 19.1 Å². The van der Waals surface area contributed by atoms with Crippen molar-refractivity contribution in [1.29, 1.82) is 0 Å². The van der Waals surface area contributed by atoms with E-state index in [2.05, 4.69) is 15.2 Å². The summed E-state index contributed by atoms with van der Waals surface area (Å²) >= 11 is 0. The van der Waals surface area contributed by atoms with Crippen molar-refractivity contribution < 1.29 is 9.53 Å². The molecule has 0 bridgehead atoms. The summed E-state index contributed by atoms with van der Waals surface area (Å²) in [6.07, 6.45) is 3.25. The minimum Gasteiger partial charge on any atom is -0.444 e. The van der Waals surface area contributed by atoms with Gasteiger partial charge in [-0.05, 0) is 45.7 Å². The van der Waals surface area contributed by atoms with E-state index in [1.807, 2.05) is 32.9 Å². The topological polar surface area (TPSA) is 80.5 Å². The molecular formula is C15H24N4O2. The fraction of sp³-hybridized carbons (Fsp3) is 0.600. The summed E-state index contributed by atoms with van der Waals surface area (Å²) in [6.45, 7) is 7.24. The summed E-state index contributed by atoms with van der Waals surface area (Å²) in [5.41, 5.74) is 5.83. The number of nitrogens with one attached hydrogen (secondary N) is 1. The molecule has 1 aliphatic heterocycles. The lowest BCUT2D eigenvalue weighted by molar-refractivity contribution is 0.0500. The van der Waals surface area contributed by atoms with Crippen LogP contribution >= 0.6 is 0 Å². The van der Waals surface area contributed by atoms with Crippen molar-refractivity contribution in [2.45, 2.75) is 45.3 Å². The largest absolute Gasteiger partial charge is 0.444 e. The molecule has 21 heavy (non-hydrogen) atoms. The van der Waals surface area contributed by atoms with Gasteiger partial charge in [-0.15, -0.1) is 0 Å². The molecule has 2 heterocycles. The quantitative estimate of drug-likeness (QED) is 0.873. The minimum atomic E-state index is -0.475. The third kappa shape index (κ3) is 4.81. The number of aromatic nitrogens is 1. The number of alkyl carbamates (subject to hydrolysis) is 1. The molecule has 0 aromatic carbocycles. The second-order valence-corrected chi connectivity index (χ2v) is 6.38. The number of amides is 1. The molecule has 0 spiro atoms. The van der Waals surface area contributed by atoms with Gasteiger partial charge in [-0.25, -0.2) is 9.78 Å². The van der Waals surface area contributed by atoms with Gasteiger partial charge < -0.3 is 20.7 Å². The Morgan fingerprint density at radius 3 is 2.86 bits per heavy atom. The maximum atomic E-state index is 11.8. The molecule has 0 unspecified atom stereocenters. The van der Waals surface area contributed by atoms with Crippen LogP contribution in [0.3, 0.4) is 0 Å². The Morgan fingerprint density at radius 1 is 1.48 bits per heavy atom. The van der Waals surface area contributed by atoms with Crippen molar-refractivity contribution in [2.75, 3.05) is 23.7 Å². The Morgan fingerprint density at radius 2 is 2.24 bits per heavy atom. The number of nitrogens with zero attached hydrogens (tertiary/aromatic N) is 2. The Bertz CT molecular complexity index is 481. The summed E-state index contributed by atoms with van der Waals surface area (Å²) in [5, 5.41) is 2.93. The minimum absolute atomic E-state index is 0.0768. The molecule has 1 saturated heterocycles. The van der Waals surface area contributed by atoms with E-state index in [0.29, 0.717) is 5.69 Å². The fourth-order valence-electron chi connectivity index (χ4n) is 2.36. The number of carbonyl (C=O) groups is 1. The van der Waals surface area contributed by atoms with E-state index in [0.717, 1.165) is 31.7 Å². The maximum Gasteiger partial charge on any atom is 0.407 e. The predicted octanol–water partition coefficient (Wildman–Crippen LogP) is 2.16. The van der Waals surface area contributed by atoms with Gasteiger partial charge in [0.25, 0.3) is 0 Å². The summed E-state index contributed by atoms with van der Waals surface area (Å²) in [4.78, 5) is 18.3. The predicted molar refractivity (Wildman–Crippen MR) is 83.3 cm³/mol. The number of nitrogens with two attached hydrogens (primary N) is 1. The summed E-state index contributed by atoms with van der Waals surface area (Å²) in [7, 11) is 0. The van der Waals surface area contributed by atoms with Crippen LogP contribution in [-0.4, -0.2) is 35.8 Å². The number of hydrogen-bond donors (Lipinski definition) is 2. The third-order valence-electron chi connectivity index (χ3n) is 3.24. The zero-order valence-corrected chi connectivity index (χ0v) is 12.9. The monoisotopic (exact) mass is 292 g/mol. The van der Waals surface area contributed by atoms with Crippen LogP contribution in [0, 0.1) is 0 Å². The van der Waals surface area contributed by atoms with Crippen molar-refractivity contribution in [1.82, 2.24) is 10.3 Å². The van der Waals surface area contributed by atoms with Crippen LogP contribution in [0.2, 0.25) is 0 Å². The van der Waals surface area contributed by atoms with Gasteiger partial charge in [0.1, 0.15) is 11.4 Å². The van der Waals surface area contributed by atoms with E-state index in [4.69, 9.17) is 10.5 Å². The average molecular weight is 292 g/mol. The molecular weight excluding hydrogens is 268 g/mol. The van der Waals surface area contributed by atoms with Crippen LogP contribution in [0.4, 0.5) is 16.3 Å². The molecule has 1 aromatic heterocycles. The van der Waals surface area contributed by atoms with E-state index >= 15 is 0 Å². The van der Waals surface area contributed by atoms with Gasteiger partial charge >= 0.3 is 6.09 Å². The molecule has 116 valence electrons. The van der Waals surface area contributed by atoms with E-state index in [1.165, 1.54) is 0 Å². The molecule has 0 radical (unpaired) electrons. The lowest BCUT2D eigenvalue weighted by Gasteiger charge is -2.34. The molecule has 1 atom stereocenters. The summed E-state index contributed by atoms with van der Waals surface area (Å²) < 4.78 is 5.30. The second-order valence-electron chi connectivity index (χ2n) is 6.38. The standard InChI is InChI=1S/C15H24N4O2/c1-15(2,3)21-14(20)18-12-5-4-8-19(10-12)13-7-6-11(16)9-17-13/h6-7,9,12H,4-5,8,10,16H2,1-3H3,(H,18,20)/t12-/m0/s1. The van der Waals surface area contributed by atoms with Gasteiger partial charge in [0.05, 0.1) is 11.9 Å². The number of carbonyl (C=O) groups excluding carboxylic acids is 1. The van der Waals surface area contributed by atoms with Crippen molar-refractivity contribution in [3.05, 3.63) is 18.3 Å². The Labute approximate surface area is 125 Å². The highest BCUT2D eigenvalue weighted by atomic mass is 16.6. The van der Waals surface area contributed by atoms with Gasteiger partial charge in [-0.2, -0.15) is 0 Å². The lowest BCUT2D eigenvalue weighted by atomic mass is 10.1. The highest BCUT2D eigenvalue weighted by Crippen LogP contribution is 2.19. The van der Waals surface area contributed by atoms with Crippen LogP contribution in [-0.2, 0) is 4.74 Å². The lowest BCUT2D eigenvalue weighted by Crippen LogP contribution is -2.49. The highest BCUT2D eigenvalue weighted by Gasteiger charge is 2.24. The van der Waals surface area contributed by atoms with Crippen LogP contribution in [0.1, 0.15) is 33.6 Å². The molecule has 1 aliphatic rings. The van der Waals surface area contributed by atoms with Gasteiger partial charge in [0.2, 0.25) is 0 Å². The van der Waals surface area contributed by atoms with Crippen LogP contribution < -0.4 is 16.0 Å². The number of pyridine rings is 1. The van der Waals surface area contributed by atoms with Gasteiger partial charge in [0.15, 0.2) is 0 Å². The molecule has 0 aliphatic carbocycles. The SMILES string of the molecule is CC(C)(C)OC(=O)N[C@H]1CCCN(c2ccc(N)cn2)C1. The van der Waals surface area contributed by atoms with Crippen molar-refractivity contribution in [2.24, 2.45) is 0 Å². The number of piperidine rings is 1. The molecule has 6 nitrogen and oxygen atoms in total. The summed E-state index contributed by atoms with van der Waals surface area (Å²) in [6, 6.07) is 3.83. The van der Waals surface area contributed by atoms with Crippen molar-refractivity contribution in [3.63, 3.8) is 0 Å². The fourth-order valence-corrected chi connectivity index (χ4v) is 2.36. The zero-order valence-electron chi connectivity index (χ0n) is 12.9. The number of rotatable bonds is 2. The second kappa shape index (κ2) is 6.20. The summed E-state index contributed by atoms with van der Waals surface area (Å²) in [5.74, 6) is 0.889. The van der Waals surface area contributed by atoms with E-state index in [1.54, 1.807) is 6.20 Å². The van der Waals surface area contributed by atoms with E-state index in [-0.39, 0.29) is 12.1 Å². The van der Waals surface area contributed by atoms with Crippen LogP contribution in [0.15, 0.2) is 18.3 Å². The van der Waals surface area contributed by atoms with Crippen molar-refractivity contribution >= 4 is 17.6 Å². The normalized spacial score (nSPS) is 19.2. The smallest absolute Gasteiger partial charge is 0.407 e.